The van der Waals surface area contributed by atoms with Gasteiger partial charge in [0.05, 0.1) is 32.1 Å². The molecule has 5 heteroatoms. The van der Waals surface area contributed by atoms with E-state index in [1.54, 1.807) is 18.0 Å². The Bertz CT molecular complexity index is 496. The van der Waals surface area contributed by atoms with Gasteiger partial charge in [-0.25, -0.2) is 0 Å². The van der Waals surface area contributed by atoms with Crippen molar-refractivity contribution in [2.45, 2.75) is 13.1 Å². The number of ether oxygens (including phenoxy) is 1. The number of nitrogens with one attached hydrogen (secondary N) is 1. The number of aliphatic hydroxyl groups is 1. The first-order chi connectivity index (χ1) is 8.81. The quantitative estimate of drug-likeness (QED) is 0.812. The Balaban J connectivity index is 1.93. The number of aliphatic hydroxyl groups excluding tert-OH is 1. The normalized spacial score (nSPS) is 10.3. The summed E-state index contributed by atoms with van der Waals surface area (Å²) in [5.74, 6) is 0.852. The van der Waals surface area contributed by atoms with Gasteiger partial charge in [0.2, 0.25) is 0 Å². The molecule has 0 bridgehead atoms. The average molecular weight is 247 g/mol. The second kappa shape index (κ2) is 6.07. The first-order valence-corrected chi connectivity index (χ1v) is 5.82. The van der Waals surface area contributed by atoms with Crippen molar-refractivity contribution in [2.75, 3.05) is 19.0 Å². The number of aromatic nitrogens is 2. The predicted octanol–water partition coefficient (Wildman–Crippen LogP) is 1.50. The Morgan fingerprint density at radius 1 is 1.44 bits per heavy atom. The van der Waals surface area contributed by atoms with Crippen LogP contribution in [0, 0.1) is 0 Å². The van der Waals surface area contributed by atoms with Crippen molar-refractivity contribution in [3.8, 4) is 5.75 Å². The lowest BCUT2D eigenvalue weighted by Gasteiger charge is -2.05. The molecule has 1 heterocycles. The third kappa shape index (κ3) is 3.24. The molecule has 5 nitrogen and oxygen atoms in total. The molecule has 0 aliphatic rings. The number of nitrogens with zero attached hydrogens (tertiary/aromatic N) is 2. The van der Waals surface area contributed by atoms with Gasteiger partial charge in [-0.2, -0.15) is 5.10 Å². The van der Waals surface area contributed by atoms with Crippen LogP contribution in [0.4, 0.5) is 5.69 Å². The van der Waals surface area contributed by atoms with Gasteiger partial charge < -0.3 is 15.2 Å². The third-order valence-corrected chi connectivity index (χ3v) is 2.59. The Hall–Kier alpha value is -2.01. The molecule has 0 amide bonds. The Morgan fingerprint density at radius 3 is 3.11 bits per heavy atom. The van der Waals surface area contributed by atoms with Crippen molar-refractivity contribution in [2.24, 2.45) is 0 Å². The zero-order valence-corrected chi connectivity index (χ0v) is 10.3. The van der Waals surface area contributed by atoms with Gasteiger partial charge in [-0.15, -0.1) is 0 Å². The van der Waals surface area contributed by atoms with Crippen LogP contribution in [0.3, 0.4) is 0 Å². The minimum atomic E-state index is 0.0943. The van der Waals surface area contributed by atoms with E-state index in [0.717, 1.165) is 17.0 Å². The second-order valence-corrected chi connectivity index (χ2v) is 3.92. The number of rotatable bonds is 6. The summed E-state index contributed by atoms with van der Waals surface area (Å²) < 4.78 is 6.87. The molecule has 0 saturated heterocycles. The van der Waals surface area contributed by atoms with E-state index in [0.29, 0.717) is 13.1 Å². The van der Waals surface area contributed by atoms with E-state index in [-0.39, 0.29) is 6.61 Å². The molecule has 0 saturated carbocycles. The molecule has 2 rings (SSSR count). The summed E-state index contributed by atoms with van der Waals surface area (Å²) in [5, 5.41) is 16.2. The topological polar surface area (TPSA) is 59.3 Å². The summed E-state index contributed by atoms with van der Waals surface area (Å²) in [5.41, 5.74) is 2.08. The maximum Gasteiger partial charge on any atom is 0.119 e. The van der Waals surface area contributed by atoms with E-state index < -0.39 is 0 Å². The fourth-order valence-corrected chi connectivity index (χ4v) is 1.67. The van der Waals surface area contributed by atoms with Gasteiger partial charge in [0.1, 0.15) is 5.75 Å². The van der Waals surface area contributed by atoms with Crippen molar-refractivity contribution in [1.29, 1.82) is 0 Å². The van der Waals surface area contributed by atoms with E-state index in [2.05, 4.69) is 10.4 Å². The van der Waals surface area contributed by atoms with Crippen LogP contribution in [0.15, 0.2) is 36.7 Å². The van der Waals surface area contributed by atoms with Crippen LogP contribution in [0.25, 0.3) is 0 Å². The lowest BCUT2D eigenvalue weighted by Crippen LogP contribution is -2.02. The summed E-state index contributed by atoms with van der Waals surface area (Å²) in [6.45, 7) is 1.32. The molecule has 0 radical (unpaired) electrons. The van der Waals surface area contributed by atoms with Gasteiger partial charge in [-0.05, 0) is 17.7 Å². The van der Waals surface area contributed by atoms with Gasteiger partial charge in [0.15, 0.2) is 0 Å². The molecule has 0 aliphatic carbocycles. The van der Waals surface area contributed by atoms with Crippen molar-refractivity contribution in [3.05, 3.63) is 42.2 Å². The number of methoxy groups -OCH3 is 1. The molecule has 0 atom stereocenters. The van der Waals surface area contributed by atoms with Crippen molar-refractivity contribution in [3.63, 3.8) is 0 Å². The summed E-state index contributed by atoms with van der Waals surface area (Å²) >= 11 is 0. The van der Waals surface area contributed by atoms with Crippen LogP contribution in [0.2, 0.25) is 0 Å². The highest BCUT2D eigenvalue weighted by molar-refractivity contribution is 5.40. The molecule has 0 unspecified atom stereocenters. The van der Waals surface area contributed by atoms with Crippen LogP contribution in [0.1, 0.15) is 5.56 Å². The highest BCUT2D eigenvalue weighted by atomic mass is 16.5. The number of hydrogen-bond donors (Lipinski definition) is 2. The predicted molar refractivity (Wildman–Crippen MR) is 69.6 cm³/mol. The molecule has 2 N–H and O–H groups in total. The smallest absolute Gasteiger partial charge is 0.119 e. The monoisotopic (exact) mass is 247 g/mol. The fraction of sp³-hybridized carbons (Fsp3) is 0.308. The maximum atomic E-state index is 8.80. The van der Waals surface area contributed by atoms with Gasteiger partial charge >= 0.3 is 0 Å². The SMILES string of the molecule is COc1cccc(CNc2cnn(CCO)c2)c1. The van der Waals surface area contributed by atoms with E-state index >= 15 is 0 Å². The standard InChI is InChI=1S/C13H17N3O2/c1-18-13-4-2-3-11(7-13)8-14-12-9-15-16(10-12)5-6-17/h2-4,7,9-10,14,17H,5-6,8H2,1H3. The first kappa shape index (κ1) is 12.4. The molecule has 96 valence electrons. The van der Waals surface area contributed by atoms with E-state index in [4.69, 9.17) is 9.84 Å². The summed E-state index contributed by atoms with van der Waals surface area (Å²) in [4.78, 5) is 0. The Kier molecular flexibility index (Phi) is 4.20. The summed E-state index contributed by atoms with van der Waals surface area (Å²) in [6, 6.07) is 7.91. The molecule has 1 aromatic carbocycles. The molecule has 0 aliphatic heterocycles. The van der Waals surface area contributed by atoms with Crippen molar-refractivity contribution < 1.29 is 9.84 Å². The van der Waals surface area contributed by atoms with E-state index in [9.17, 15) is 0 Å². The van der Waals surface area contributed by atoms with Crippen LogP contribution >= 0.6 is 0 Å². The van der Waals surface area contributed by atoms with Gasteiger partial charge in [-0.1, -0.05) is 12.1 Å². The molecule has 2 aromatic rings. The van der Waals surface area contributed by atoms with Gasteiger partial charge in [0, 0.05) is 12.7 Å². The largest absolute Gasteiger partial charge is 0.497 e. The Morgan fingerprint density at radius 2 is 2.33 bits per heavy atom. The van der Waals surface area contributed by atoms with Crippen LogP contribution in [0.5, 0.6) is 5.75 Å². The molecular weight excluding hydrogens is 230 g/mol. The van der Waals surface area contributed by atoms with Crippen molar-refractivity contribution in [1.82, 2.24) is 9.78 Å². The Labute approximate surface area is 106 Å². The number of anilines is 1. The van der Waals surface area contributed by atoms with Gasteiger partial charge in [-0.3, -0.25) is 4.68 Å². The molecule has 1 aromatic heterocycles. The minimum Gasteiger partial charge on any atom is -0.497 e. The highest BCUT2D eigenvalue weighted by Gasteiger charge is 1.99. The third-order valence-electron chi connectivity index (χ3n) is 2.59. The molecule has 0 spiro atoms. The van der Waals surface area contributed by atoms with Crippen LogP contribution < -0.4 is 10.1 Å². The number of hydrogen-bond acceptors (Lipinski definition) is 4. The molecule has 18 heavy (non-hydrogen) atoms. The van der Waals surface area contributed by atoms with Crippen molar-refractivity contribution >= 4 is 5.69 Å². The fourth-order valence-electron chi connectivity index (χ4n) is 1.67. The summed E-state index contributed by atoms with van der Waals surface area (Å²) in [6.07, 6.45) is 3.62. The maximum absolute atomic E-state index is 8.80. The van der Waals surface area contributed by atoms with E-state index in [1.807, 2.05) is 30.5 Å². The average Bonchev–Trinajstić information content (AvgIpc) is 2.85. The minimum absolute atomic E-state index is 0.0943. The summed E-state index contributed by atoms with van der Waals surface area (Å²) in [7, 11) is 1.66. The molecule has 0 fully saturated rings. The van der Waals surface area contributed by atoms with Crippen LogP contribution in [-0.4, -0.2) is 28.6 Å². The lowest BCUT2D eigenvalue weighted by molar-refractivity contribution is 0.269. The number of benzene rings is 1. The highest BCUT2D eigenvalue weighted by Crippen LogP contribution is 2.14. The van der Waals surface area contributed by atoms with Gasteiger partial charge in [0.25, 0.3) is 0 Å². The first-order valence-electron chi connectivity index (χ1n) is 5.82. The van der Waals surface area contributed by atoms with Crippen LogP contribution in [-0.2, 0) is 13.1 Å². The van der Waals surface area contributed by atoms with E-state index in [1.165, 1.54) is 0 Å². The second-order valence-electron chi connectivity index (χ2n) is 3.92. The zero-order valence-electron chi connectivity index (χ0n) is 10.3. The zero-order chi connectivity index (χ0) is 12.8. The molecular formula is C13H17N3O2. The lowest BCUT2D eigenvalue weighted by atomic mass is 10.2.